The Hall–Kier alpha value is -2.28. The van der Waals surface area contributed by atoms with E-state index in [-0.39, 0.29) is 5.56 Å². The number of para-hydroxylation sites is 1. The van der Waals surface area contributed by atoms with Crippen molar-refractivity contribution >= 4 is 11.9 Å². The SMILES string of the molecule is O=C(O)CONC(=O)c1cccc2c1OCCO2. The summed E-state index contributed by atoms with van der Waals surface area (Å²) in [4.78, 5) is 26.5. The van der Waals surface area contributed by atoms with Crippen LogP contribution in [-0.4, -0.2) is 36.8 Å². The Morgan fingerprint density at radius 2 is 2.11 bits per heavy atom. The fraction of sp³-hybridized carbons (Fsp3) is 0.273. The van der Waals surface area contributed by atoms with Crippen molar-refractivity contribution in [2.24, 2.45) is 0 Å². The van der Waals surface area contributed by atoms with E-state index in [1.54, 1.807) is 12.1 Å². The van der Waals surface area contributed by atoms with Gasteiger partial charge in [-0.15, -0.1) is 0 Å². The molecular weight excluding hydrogens is 242 g/mol. The minimum Gasteiger partial charge on any atom is -0.486 e. The van der Waals surface area contributed by atoms with E-state index < -0.39 is 18.5 Å². The molecule has 7 nitrogen and oxygen atoms in total. The van der Waals surface area contributed by atoms with Crippen LogP contribution >= 0.6 is 0 Å². The van der Waals surface area contributed by atoms with Crippen molar-refractivity contribution in [2.45, 2.75) is 0 Å². The minimum atomic E-state index is -1.18. The number of carbonyl (C=O) groups is 2. The summed E-state index contributed by atoms with van der Waals surface area (Å²) in [5.74, 6) is -0.948. The summed E-state index contributed by atoms with van der Waals surface area (Å²) in [6, 6.07) is 4.86. The van der Waals surface area contributed by atoms with Crippen molar-refractivity contribution < 1.29 is 29.0 Å². The zero-order valence-electron chi connectivity index (χ0n) is 9.34. The Kier molecular flexibility index (Phi) is 3.63. The molecule has 1 aliphatic rings. The standard InChI is InChI=1S/C11H11NO6/c13-9(14)6-18-12-11(15)7-2-1-3-8-10(7)17-5-4-16-8/h1-3H,4-6H2,(H,12,15)(H,13,14). The maximum Gasteiger partial charge on any atom is 0.332 e. The molecule has 0 fully saturated rings. The van der Waals surface area contributed by atoms with Gasteiger partial charge >= 0.3 is 5.97 Å². The maximum absolute atomic E-state index is 11.7. The number of carboxylic acid groups (broad SMARTS) is 1. The first-order valence-electron chi connectivity index (χ1n) is 5.21. The highest BCUT2D eigenvalue weighted by atomic mass is 16.7. The quantitative estimate of drug-likeness (QED) is 0.744. The summed E-state index contributed by atoms with van der Waals surface area (Å²) < 4.78 is 10.7. The van der Waals surface area contributed by atoms with Gasteiger partial charge in [0, 0.05) is 0 Å². The smallest absolute Gasteiger partial charge is 0.332 e. The fourth-order valence-corrected chi connectivity index (χ4v) is 1.47. The van der Waals surface area contributed by atoms with Crippen molar-refractivity contribution in [1.82, 2.24) is 5.48 Å². The monoisotopic (exact) mass is 253 g/mol. The molecule has 0 bridgehead atoms. The normalized spacial score (nSPS) is 12.9. The van der Waals surface area contributed by atoms with Gasteiger partial charge < -0.3 is 14.6 Å². The largest absolute Gasteiger partial charge is 0.486 e. The molecule has 96 valence electrons. The van der Waals surface area contributed by atoms with Gasteiger partial charge in [0.05, 0.1) is 5.56 Å². The molecule has 2 rings (SSSR count). The molecule has 1 heterocycles. The average Bonchev–Trinajstić information content (AvgIpc) is 2.37. The Bertz CT molecular complexity index is 473. The van der Waals surface area contributed by atoms with E-state index >= 15 is 0 Å². The van der Waals surface area contributed by atoms with Crippen LogP contribution in [0.4, 0.5) is 0 Å². The third kappa shape index (κ3) is 2.69. The molecule has 0 spiro atoms. The zero-order chi connectivity index (χ0) is 13.0. The molecule has 0 saturated carbocycles. The molecule has 1 aromatic rings. The summed E-state index contributed by atoms with van der Waals surface area (Å²) >= 11 is 0. The number of rotatable bonds is 4. The second-order valence-corrected chi connectivity index (χ2v) is 3.44. The number of amides is 1. The number of benzene rings is 1. The van der Waals surface area contributed by atoms with Gasteiger partial charge in [-0.2, -0.15) is 0 Å². The molecule has 0 atom stereocenters. The van der Waals surface area contributed by atoms with E-state index in [0.29, 0.717) is 24.7 Å². The van der Waals surface area contributed by atoms with Gasteiger partial charge in [0.2, 0.25) is 0 Å². The lowest BCUT2D eigenvalue weighted by Crippen LogP contribution is -2.28. The highest BCUT2D eigenvalue weighted by Gasteiger charge is 2.20. The number of fused-ring (bicyclic) bond motifs is 1. The van der Waals surface area contributed by atoms with Gasteiger partial charge in [-0.1, -0.05) is 6.07 Å². The van der Waals surface area contributed by atoms with Crippen LogP contribution in [0.1, 0.15) is 10.4 Å². The molecule has 18 heavy (non-hydrogen) atoms. The Balaban J connectivity index is 2.08. The second kappa shape index (κ2) is 5.37. The lowest BCUT2D eigenvalue weighted by molar-refractivity contribution is -0.144. The third-order valence-electron chi connectivity index (χ3n) is 2.17. The van der Waals surface area contributed by atoms with Crippen molar-refractivity contribution in [3.63, 3.8) is 0 Å². The average molecular weight is 253 g/mol. The lowest BCUT2D eigenvalue weighted by Gasteiger charge is -2.20. The molecule has 0 aliphatic carbocycles. The van der Waals surface area contributed by atoms with Crippen LogP contribution in [0.15, 0.2) is 18.2 Å². The van der Waals surface area contributed by atoms with Crippen LogP contribution in [0, 0.1) is 0 Å². The highest BCUT2D eigenvalue weighted by molar-refractivity contribution is 5.97. The fourth-order valence-electron chi connectivity index (χ4n) is 1.47. The first-order chi connectivity index (χ1) is 8.68. The van der Waals surface area contributed by atoms with Gasteiger partial charge in [0.1, 0.15) is 13.2 Å². The Morgan fingerprint density at radius 3 is 2.89 bits per heavy atom. The molecule has 1 amide bonds. The molecule has 7 heteroatoms. The summed E-state index contributed by atoms with van der Waals surface area (Å²) in [7, 11) is 0. The summed E-state index contributed by atoms with van der Waals surface area (Å²) in [5.41, 5.74) is 2.26. The molecule has 2 N–H and O–H groups in total. The third-order valence-corrected chi connectivity index (χ3v) is 2.17. The van der Waals surface area contributed by atoms with Crippen LogP contribution in [0.5, 0.6) is 11.5 Å². The number of carbonyl (C=O) groups excluding carboxylic acids is 1. The molecule has 1 aromatic carbocycles. The number of aliphatic carboxylic acids is 1. The lowest BCUT2D eigenvalue weighted by atomic mass is 10.1. The molecule has 0 radical (unpaired) electrons. The number of hydrogen-bond acceptors (Lipinski definition) is 5. The van der Waals surface area contributed by atoms with Crippen molar-refractivity contribution in [2.75, 3.05) is 19.8 Å². The van der Waals surface area contributed by atoms with E-state index in [1.165, 1.54) is 6.07 Å². The Morgan fingerprint density at radius 1 is 1.33 bits per heavy atom. The molecular formula is C11H11NO6. The topological polar surface area (TPSA) is 94.1 Å². The zero-order valence-corrected chi connectivity index (χ0v) is 9.34. The molecule has 0 unspecified atom stereocenters. The van der Waals surface area contributed by atoms with Crippen LogP contribution < -0.4 is 15.0 Å². The number of ether oxygens (including phenoxy) is 2. The predicted octanol–water partition coefficient (Wildman–Crippen LogP) is 0.204. The number of nitrogens with one attached hydrogen (secondary N) is 1. The molecule has 0 aromatic heterocycles. The van der Waals surface area contributed by atoms with Gasteiger partial charge in [0.15, 0.2) is 18.1 Å². The van der Waals surface area contributed by atoms with Crippen molar-refractivity contribution in [3.8, 4) is 11.5 Å². The Labute approximate surface area is 102 Å². The first kappa shape index (κ1) is 12.2. The number of carboxylic acids is 1. The minimum absolute atomic E-state index is 0.234. The highest BCUT2D eigenvalue weighted by Crippen LogP contribution is 2.33. The van der Waals surface area contributed by atoms with Gasteiger partial charge in [-0.25, -0.2) is 10.3 Å². The predicted molar refractivity (Wildman–Crippen MR) is 58.5 cm³/mol. The van der Waals surface area contributed by atoms with Gasteiger partial charge in [-0.3, -0.25) is 9.63 Å². The van der Waals surface area contributed by atoms with Crippen LogP contribution in [0.25, 0.3) is 0 Å². The van der Waals surface area contributed by atoms with E-state index in [2.05, 4.69) is 4.84 Å². The summed E-state index contributed by atoms with van der Waals surface area (Å²) in [6.45, 7) is 0.166. The first-order valence-corrected chi connectivity index (χ1v) is 5.21. The van der Waals surface area contributed by atoms with E-state index in [9.17, 15) is 9.59 Å². The van der Waals surface area contributed by atoms with Gasteiger partial charge in [0.25, 0.3) is 5.91 Å². The number of hydrogen-bond donors (Lipinski definition) is 2. The maximum atomic E-state index is 11.7. The van der Waals surface area contributed by atoms with Crippen molar-refractivity contribution in [3.05, 3.63) is 23.8 Å². The number of hydroxylamine groups is 1. The van der Waals surface area contributed by atoms with E-state index in [0.717, 1.165) is 0 Å². The summed E-state index contributed by atoms with van der Waals surface area (Å²) in [6.07, 6.45) is 0. The van der Waals surface area contributed by atoms with E-state index in [1.807, 2.05) is 5.48 Å². The molecule has 0 saturated heterocycles. The van der Waals surface area contributed by atoms with Gasteiger partial charge in [-0.05, 0) is 12.1 Å². The van der Waals surface area contributed by atoms with Crippen LogP contribution in [-0.2, 0) is 9.63 Å². The molecule has 1 aliphatic heterocycles. The van der Waals surface area contributed by atoms with E-state index in [4.69, 9.17) is 14.6 Å². The second-order valence-electron chi connectivity index (χ2n) is 3.44. The van der Waals surface area contributed by atoms with Crippen molar-refractivity contribution in [1.29, 1.82) is 0 Å². The van der Waals surface area contributed by atoms with Crippen LogP contribution in [0.3, 0.4) is 0 Å². The summed E-state index contributed by atoms with van der Waals surface area (Å²) in [5, 5.41) is 8.37. The van der Waals surface area contributed by atoms with Crippen LogP contribution in [0.2, 0.25) is 0 Å².